The highest BCUT2D eigenvalue weighted by atomic mass is 79.9. The van der Waals surface area contributed by atoms with Gasteiger partial charge in [0.2, 0.25) is 5.91 Å². The summed E-state index contributed by atoms with van der Waals surface area (Å²) >= 11 is 9.09. The van der Waals surface area contributed by atoms with Crippen molar-refractivity contribution in [3.05, 3.63) is 27.2 Å². The first kappa shape index (κ1) is 11.4. The molecule has 1 aromatic carbocycles. The lowest BCUT2D eigenvalue weighted by Crippen LogP contribution is -2.25. The Labute approximate surface area is 105 Å². The van der Waals surface area contributed by atoms with Crippen LogP contribution in [0.3, 0.4) is 0 Å². The molecule has 1 aliphatic rings. The summed E-state index contributed by atoms with van der Waals surface area (Å²) in [5.74, 6) is -0.0383. The molecule has 0 spiro atoms. The number of aromatic hydroxyl groups is 1. The highest BCUT2D eigenvalue weighted by Crippen LogP contribution is 2.32. The Morgan fingerprint density at radius 2 is 2.19 bits per heavy atom. The van der Waals surface area contributed by atoms with E-state index in [1.54, 1.807) is 12.1 Å². The van der Waals surface area contributed by atoms with E-state index in [-0.39, 0.29) is 11.7 Å². The zero-order valence-electron chi connectivity index (χ0n) is 8.13. The second kappa shape index (κ2) is 4.43. The summed E-state index contributed by atoms with van der Waals surface area (Å²) in [6.07, 6.45) is 0.856. The monoisotopic (exact) mass is 302 g/mol. The maximum Gasteiger partial charge on any atom is 0.240 e. The van der Waals surface area contributed by atoms with E-state index in [4.69, 9.17) is 11.6 Å². The third-order valence-corrected chi connectivity index (χ3v) is 3.07. The van der Waals surface area contributed by atoms with Crippen LogP contribution in [0.25, 0.3) is 0 Å². The number of rotatable bonds is 1. The van der Waals surface area contributed by atoms with Gasteiger partial charge in [0.05, 0.1) is 10.2 Å². The van der Waals surface area contributed by atoms with Crippen molar-refractivity contribution in [1.29, 1.82) is 0 Å². The number of amides is 1. The van der Waals surface area contributed by atoms with Gasteiger partial charge >= 0.3 is 0 Å². The minimum Gasteiger partial charge on any atom is -0.506 e. The van der Waals surface area contributed by atoms with E-state index in [0.717, 1.165) is 0 Å². The molecule has 6 heteroatoms. The van der Waals surface area contributed by atoms with Crippen LogP contribution in [0.1, 0.15) is 18.4 Å². The molecule has 0 atom stereocenters. The fourth-order valence-corrected chi connectivity index (χ4v) is 2.26. The second-order valence-corrected chi connectivity index (χ2v) is 4.67. The van der Waals surface area contributed by atoms with Gasteiger partial charge in [0.1, 0.15) is 5.75 Å². The molecule has 2 N–H and O–H groups in total. The Morgan fingerprint density at radius 3 is 2.81 bits per heavy atom. The SMILES string of the molecule is O=C1CCC(c2cc(Cl)cc(Br)c2O)=NN1. The van der Waals surface area contributed by atoms with Crippen molar-refractivity contribution in [2.45, 2.75) is 12.8 Å². The molecule has 0 fully saturated rings. The first-order valence-corrected chi connectivity index (χ1v) is 5.79. The van der Waals surface area contributed by atoms with Crippen LogP contribution in [0, 0.1) is 0 Å². The molecule has 0 aromatic heterocycles. The molecule has 2 rings (SSSR count). The van der Waals surface area contributed by atoms with Crippen LogP contribution in [0.4, 0.5) is 0 Å². The predicted molar refractivity (Wildman–Crippen MR) is 64.7 cm³/mol. The van der Waals surface area contributed by atoms with Gasteiger partial charge in [0.25, 0.3) is 0 Å². The molecule has 0 saturated carbocycles. The van der Waals surface area contributed by atoms with Crippen LogP contribution in [0.15, 0.2) is 21.7 Å². The Morgan fingerprint density at radius 1 is 1.44 bits per heavy atom. The summed E-state index contributed by atoms with van der Waals surface area (Å²) in [4.78, 5) is 10.9. The van der Waals surface area contributed by atoms with E-state index in [1.165, 1.54) is 0 Å². The van der Waals surface area contributed by atoms with Crippen LogP contribution in [-0.4, -0.2) is 16.7 Å². The number of hydrogen-bond donors (Lipinski definition) is 2. The minimum absolute atomic E-state index is 0.0827. The molecule has 1 heterocycles. The smallest absolute Gasteiger partial charge is 0.240 e. The van der Waals surface area contributed by atoms with Gasteiger partial charge in [-0.05, 0) is 28.1 Å². The Bertz CT molecular complexity index is 488. The molecule has 1 aromatic rings. The van der Waals surface area contributed by atoms with Gasteiger partial charge < -0.3 is 5.11 Å². The number of phenolic OH excluding ortho intramolecular Hbond substituents is 1. The third kappa shape index (κ3) is 2.20. The third-order valence-electron chi connectivity index (χ3n) is 2.24. The standard InChI is InChI=1S/C10H8BrClN2O2/c11-7-4-5(12)3-6(10(7)16)8-1-2-9(15)14-13-8/h3-4,16H,1-2H2,(H,14,15). The fraction of sp³-hybridized carbons (Fsp3) is 0.200. The van der Waals surface area contributed by atoms with Gasteiger partial charge in [-0.15, -0.1) is 0 Å². The highest BCUT2D eigenvalue weighted by Gasteiger charge is 2.18. The molecular formula is C10H8BrClN2O2. The van der Waals surface area contributed by atoms with Gasteiger partial charge in [-0.1, -0.05) is 11.6 Å². The molecule has 0 aliphatic carbocycles. The number of benzene rings is 1. The topological polar surface area (TPSA) is 61.7 Å². The zero-order valence-corrected chi connectivity index (χ0v) is 10.5. The van der Waals surface area contributed by atoms with E-state index in [1.807, 2.05) is 0 Å². The van der Waals surface area contributed by atoms with E-state index < -0.39 is 0 Å². The predicted octanol–water partition coefficient (Wildman–Crippen LogP) is 2.42. The van der Waals surface area contributed by atoms with Crippen LogP contribution in [-0.2, 0) is 4.79 Å². The lowest BCUT2D eigenvalue weighted by molar-refractivity contribution is -0.121. The maximum absolute atomic E-state index is 10.9. The summed E-state index contributed by atoms with van der Waals surface area (Å²) in [5.41, 5.74) is 3.54. The van der Waals surface area contributed by atoms with Crippen molar-refractivity contribution in [1.82, 2.24) is 5.43 Å². The van der Waals surface area contributed by atoms with Gasteiger partial charge in [0, 0.05) is 23.4 Å². The quantitative estimate of drug-likeness (QED) is 0.837. The van der Waals surface area contributed by atoms with Gasteiger partial charge in [-0.2, -0.15) is 5.10 Å². The first-order chi connectivity index (χ1) is 7.58. The summed E-state index contributed by atoms with van der Waals surface area (Å²) < 4.78 is 0.509. The summed E-state index contributed by atoms with van der Waals surface area (Å²) in [7, 11) is 0. The summed E-state index contributed by atoms with van der Waals surface area (Å²) in [6.45, 7) is 0. The fourth-order valence-electron chi connectivity index (χ4n) is 1.45. The van der Waals surface area contributed by atoms with E-state index in [0.29, 0.717) is 33.6 Å². The molecule has 84 valence electrons. The summed E-state index contributed by atoms with van der Waals surface area (Å²) in [6, 6.07) is 3.22. The molecule has 16 heavy (non-hydrogen) atoms. The van der Waals surface area contributed by atoms with Gasteiger partial charge in [0.15, 0.2) is 0 Å². The van der Waals surface area contributed by atoms with E-state index in [9.17, 15) is 9.90 Å². The number of carbonyl (C=O) groups excluding carboxylic acids is 1. The summed E-state index contributed by atoms with van der Waals surface area (Å²) in [5, 5.41) is 14.2. The molecule has 0 unspecified atom stereocenters. The molecule has 1 amide bonds. The number of hydrogen-bond acceptors (Lipinski definition) is 3. The average molecular weight is 304 g/mol. The number of phenols is 1. The van der Waals surface area contributed by atoms with Gasteiger partial charge in [-0.25, -0.2) is 5.43 Å². The number of halogens is 2. The number of hydrazone groups is 1. The van der Waals surface area contributed by atoms with Gasteiger partial charge in [-0.3, -0.25) is 4.79 Å². The van der Waals surface area contributed by atoms with Crippen molar-refractivity contribution in [3.63, 3.8) is 0 Å². The average Bonchev–Trinajstić information content (AvgIpc) is 2.25. The van der Waals surface area contributed by atoms with Crippen LogP contribution in [0.2, 0.25) is 5.02 Å². The lowest BCUT2D eigenvalue weighted by Gasteiger charge is -2.14. The number of carbonyl (C=O) groups is 1. The van der Waals surface area contributed by atoms with Crippen molar-refractivity contribution >= 4 is 39.1 Å². The van der Waals surface area contributed by atoms with Crippen LogP contribution in [0.5, 0.6) is 5.75 Å². The Kier molecular flexibility index (Phi) is 3.16. The van der Waals surface area contributed by atoms with E-state index in [2.05, 4.69) is 26.5 Å². The number of nitrogens with zero attached hydrogens (tertiary/aromatic N) is 1. The van der Waals surface area contributed by atoms with Crippen molar-refractivity contribution in [3.8, 4) is 5.75 Å². The molecule has 0 radical (unpaired) electrons. The molecule has 1 aliphatic heterocycles. The Hall–Kier alpha value is -1.07. The lowest BCUT2D eigenvalue weighted by atomic mass is 10.0. The normalized spacial score (nSPS) is 15.6. The van der Waals surface area contributed by atoms with Crippen LogP contribution < -0.4 is 5.43 Å². The number of nitrogens with one attached hydrogen (secondary N) is 1. The zero-order chi connectivity index (χ0) is 11.7. The van der Waals surface area contributed by atoms with Crippen molar-refractivity contribution in [2.24, 2.45) is 5.10 Å². The van der Waals surface area contributed by atoms with Crippen molar-refractivity contribution < 1.29 is 9.90 Å². The molecule has 0 saturated heterocycles. The highest BCUT2D eigenvalue weighted by molar-refractivity contribution is 9.10. The van der Waals surface area contributed by atoms with Crippen LogP contribution >= 0.6 is 27.5 Å². The molecule has 0 bridgehead atoms. The first-order valence-electron chi connectivity index (χ1n) is 4.61. The second-order valence-electron chi connectivity index (χ2n) is 3.38. The molecular weight excluding hydrogens is 295 g/mol. The van der Waals surface area contributed by atoms with E-state index >= 15 is 0 Å². The minimum atomic E-state index is -0.121. The largest absolute Gasteiger partial charge is 0.506 e. The van der Waals surface area contributed by atoms with Crippen molar-refractivity contribution in [2.75, 3.05) is 0 Å². The maximum atomic E-state index is 10.9. The Balaban J connectivity index is 2.44. The molecule has 4 nitrogen and oxygen atoms in total.